The van der Waals surface area contributed by atoms with Gasteiger partial charge in [-0.2, -0.15) is 0 Å². The predicted octanol–water partition coefficient (Wildman–Crippen LogP) is 3.44. The van der Waals surface area contributed by atoms with Crippen LogP contribution in [0.2, 0.25) is 0 Å². The van der Waals surface area contributed by atoms with Crippen LogP contribution in [0.4, 0.5) is 5.69 Å². The number of nitrogens with two attached hydrogens (primary N) is 1. The number of aromatic amines is 1. The van der Waals surface area contributed by atoms with Gasteiger partial charge in [-0.3, -0.25) is 0 Å². The number of H-pyrrole nitrogens is 1. The van der Waals surface area contributed by atoms with Crippen LogP contribution >= 0.6 is 0 Å². The summed E-state index contributed by atoms with van der Waals surface area (Å²) >= 11 is 0. The molecule has 0 unspecified atom stereocenters. The molecule has 4 nitrogen and oxygen atoms in total. The first-order chi connectivity index (χ1) is 9.58. The molecule has 2 aromatic carbocycles. The van der Waals surface area contributed by atoms with Gasteiger partial charge in [0.05, 0.1) is 23.7 Å². The second-order valence-electron chi connectivity index (χ2n) is 5.02. The van der Waals surface area contributed by atoms with Crippen molar-refractivity contribution in [1.29, 1.82) is 0 Å². The fraction of sp³-hybridized carbons (Fsp3) is 0.188. The van der Waals surface area contributed by atoms with Crippen molar-refractivity contribution in [2.24, 2.45) is 0 Å². The lowest BCUT2D eigenvalue weighted by atomic mass is 10.1. The van der Waals surface area contributed by atoms with Gasteiger partial charge in [-0.1, -0.05) is 6.07 Å². The number of benzene rings is 2. The minimum atomic E-state index is 0.675. The highest BCUT2D eigenvalue weighted by Crippen LogP contribution is 2.31. The molecule has 20 heavy (non-hydrogen) atoms. The van der Waals surface area contributed by atoms with Gasteiger partial charge in [0.2, 0.25) is 0 Å². The largest absolute Gasteiger partial charge is 0.496 e. The summed E-state index contributed by atoms with van der Waals surface area (Å²) in [5, 5.41) is 0. The number of imidazole rings is 1. The zero-order valence-electron chi connectivity index (χ0n) is 11.8. The number of nitrogens with one attached hydrogen (secondary N) is 1. The van der Waals surface area contributed by atoms with E-state index in [0.717, 1.165) is 33.7 Å². The standard InChI is InChI=1S/C16H17N3O/c1-9-6-10(2)15-13(7-9)18-16(19-15)12-5-4-11(17)8-14(12)20-3/h4-8H,17H2,1-3H3,(H,18,19). The van der Waals surface area contributed by atoms with Gasteiger partial charge < -0.3 is 15.5 Å². The van der Waals surface area contributed by atoms with E-state index in [1.807, 2.05) is 12.1 Å². The maximum Gasteiger partial charge on any atom is 0.142 e. The number of nitrogens with zero attached hydrogens (tertiary/aromatic N) is 1. The molecule has 3 N–H and O–H groups in total. The van der Waals surface area contributed by atoms with Crippen molar-refractivity contribution >= 4 is 16.7 Å². The number of aromatic nitrogens is 2. The normalized spacial score (nSPS) is 10.9. The molecule has 0 saturated heterocycles. The molecule has 0 aliphatic heterocycles. The van der Waals surface area contributed by atoms with Crippen LogP contribution in [-0.4, -0.2) is 17.1 Å². The number of anilines is 1. The lowest BCUT2D eigenvalue weighted by Gasteiger charge is -2.06. The Morgan fingerprint density at radius 3 is 2.70 bits per heavy atom. The maximum absolute atomic E-state index is 5.79. The second-order valence-corrected chi connectivity index (χ2v) is 5.02. The highest BCUT2D eigenvalue weighted by Gasteiger charge is 2.12. The lowest BCUT2D eigenvalue weighted by molar-refractivity contribution is 0.416. The summed E-state index contributed by atoms with van der Waals surface area (Å²) in [5.74, 6) is 1.52. The van der Waals surface area contributed by atoms with Gasteiger partial charge in [-0.05, 0) is 43.2 Å². The quantitative estimate of drug-likeness (QED) is 0.699. The van der Waals surface area contributed by atoms with Gasteiger partial charge in [0.1, 0.15) is 11.6 Å². The number of aryl methyl sites for hydroxylation is 2. The molecular weight excluding hydrogens is 250 g/mol. The van der Waals surface area contributed by atoms with E-state index in [2.05, 4.69) is 35.9 Å². The first-order valence-electron chi connectivity index (χ1n) is 6.49. The maximum atomic E-state index is 5.79. The van der Waals surface area contributed by atoms with E-state index in [1.165, 1.54) is 5.56 Å². The third-order valence-corrected chi connectivity index (χ3v) is 3.40. The Kier molecular flexibility index (Phi) is 2.86. The summed E-state index contributed by atoms with van der Waals surface area (Å²) in [4.78, 5) is 8.04. The number of ether oxygens (including phenoxy) is 1. The van der Waals surface area contributed by atoms with Crippen molar-refractivity contribution < 1.29 is 4.74 Å². The number of methoxy groups -OCH3 is 1. The third-order valence-electron chi connectivity index (χ3n) is 3.40. The fourth-order valence-electron chi connectivity index (χ4n) is 2.50. The summed E-state index contributed by atoms with van der Waals surface area (Å²) in [6, 6.07) is 9.81. The van der Waals surface area contributed by atoms with Crippen LogP contribution in [0.3, 0.4) is 0 Å². The summed E-state index contributed by atoms with van der Waals surface area (Å²) < 4.78 is 5.39. The summed E-state index contributed by atoms with van der Waals surface area (Å²) in [7, 11) is 1.64. The first kappa shape index (κ1) is 12.5. The zero-order chi connectivity index (χ0) is 14.3. The van der Waals surface area contributed by atoms with Gasteiger partial charge in [-0.15, -0.1) is 0 Å². The molecule has 1 heterocycles. The molecular formula is C16H17N3O. The predicted molar refractivity (Wildman–Crippen MR) is 82.0 cm³/mol. The molecule has 0 radical (unpaired) electrons. The highest BCUT2D eigenvalue weighted by atomic mass is 16.5. The van der Waals surface area contributed by atoms with Gasteiger partial charge >= 0.3 is 0 Å². The van der Waals surface area contributed by atoms with Crippen molar-refractivity contribution in [2.75, 3.05) is 12.8 Å². The molecule has 0 spiro atoms. The summed E-state index contributed by atoms with van der Waals surface area (Å²) in [5.41, 5.74) is 11.8. The molecule has 1 aromatic heterocycles. The van der Waals surface area contributed by atoms with E-state index >= 15 is 0 Å². The minimum absolute atomic E-state index is 0.675. The van der Waals surface area contributed by atoms with Gasteiger partial charge in [0.25, 0.3) is 0 Å². The first-order valence-corrected chi connectivity index (χ1v) is 6.49. The Hall–Kier alpha value is -2.49. The second kappa shape index (κ2) is 4.56. The zero-order valence-corrected chi connectivity index (χ0v) is 11.8. The van der Waals surface area contributed by atoms with E-state index in [4.69, 9.17) is 10.5 Å². The Balaban J connectivity index is 2.22. The number of fused-ring (bicyclic) bond motifs is 1. The molecule has 4 heteroatoms. The average Bonchev–Trinajstić information content (AvgIpc) is 2.82. The van der Waals surface area contributed by atoms with E-state index < -0.39 is 0 Å². The van der Waals surface area contributed by atoms with Crippen molar-refractivity contribution in [2.45, 2.75) is 13.8 Å². The van der Waals surface area contributed by atoms with Crippen molar-refractivity contribution in [1.82, 2.24) is 9.97 Å². The van der Waals surface area contributed by atoms with E-state index in [1.54, 1.807) is 13.2 Å². The summed E-state index contributed by atoms with van der Waals surface area (Å²) in [6.45, 7) is 4.15. The SMILES string of the molecule is COc1cc(N)ccc1-c1nc2c(C)cc(C)cc2[nH]1. The molecule has 0 bridgehead atoms. The third kappa shape index (κ3) is 1.99. The molecule has 0 aliphatic carbocycles. The molecule has 0 fully saturated rings. The Bertz CT molecular complexity index is 790. The molecule has 0 atom stereocenters. The van der Waals surface area contributed by atoms with Crippen LogP contribution in [0.1, 0.15) is 11.1 Å². The van der Waals surface area contributed by atoms with E-state index in [-0.39, 0.29) is 0 Å². The molecule has 3 aromatic rings. The lowest BCUT2D eigenvalue weighted by Crippen LogP contribution is -1.92. The Morgan fingerprint density at radius 2 is 1.95 bits per heavy atom. The van der Waals surface area contributed by atoms with E-state index in [9.17, 15) is 0 Å². The van der Waals surface area contributed by atoms with Gasteiger partial charge in [-0.25, -0.2) is 4.98 Å². The fourth-order valence-corrected chi connectivity index (χ4v) is 2.50. The van der Waals surface area contributed by atoms with Gasteiger partial charge in [0.15, 0.2) is 0 Å². The van der Waals surface area contributed by atoms with Gasteiger partial charge in [0, 0.05) is 11.8 Å². The molecule has 102 valence electrons. The van der Waals surface area contributed by atoms with E-state index in [0.29, 0.717) is 5.69 Å². The van der Waals surface area contributed by atoms with Crippen LogP contribution in [0.15, 0.2) is 30.3 Å². The molecule has 0 aliphatic rings. The number of nitrogen functional groups attached to an aromatic ring is 1. The molecule has 0 saturated carbocycles. The number of rotatable bonds is 2. The average molecular weight is 267 g/mol. The Morgan fingerprint density at radius 1 is 1.15 bits per heavy atom. The van der Waals surface area contributed by atoms with Crippen LogP contribution < -0.4 is 10.5 Å². The minimum Gasteiger partial charge on any atom is -0.496 e. The monoisotopic (exact) mass is 267 g/mol. The number of hydrogen-bond acceptors (Lipinski definition) is 3. The topological polar surface area (TPSA) is 63.9 Å². The van der Waals surface area contributed by atoms with Crippen LogP contribution in [-0.2, 0) is 0 Å². The Labute approximate surface area is 117 Å². The van der Waals surface area contributed by atoms with Crippen LogP contribution in [0, 0.1) is 13.8 Å². The van der Waals surface area contributed by atoms with Crippen molar-refractivity contribution in [3.63, 3.8) is 0 Å². The van der Waals surface area contributed by atoms with Crippen LogP contribution in [0.5, 0.6) is 5.75 Å². The molecule has 3 rings (SSSR count). The number of hydrogen-bond donors (Lipinski definition) is 2. The smallest absolute Gasteiger partial charge is 0.142 e. The summed E-state index contributed by atoms with van der Waals surface area (Å²) in [6.07, 6.45) is 0. The van der Waals surface area contributed by atoms with Crippen LogP contribution in [0.25, 0.3) is 22.4 Å². The highest BCUT2D eigenvalue weighted by molar-refractivity contribution is 5.84. The molecule has 0 amide bonds. The van der Waals surface area contributed by atoms with Crippen molar-refractivity contribution in [3.05, 3.63) is 41.5 Å². The van der Waals surface area contributed by atoms with Crippen molar-refractivity contribution in [3.8, 4) is 17.1 Å².